The molecule has 0 fully saturated rings. The molecule has 3 radical (unpaired) electrons. The Morgan fingerprint density at radius 3 is 2.45 bits per heavy atom. The molecular formula is C30H22N7O2Si. The molecule has 0 bridgehead atoms. The number of benzene rings is 3. The third kappa shape index (κ3) is 3.10. The standard InChI is InChI=1S/C30H22N7O2Si/c1-17-15-18(2)36(33-17)24-16-38-28-26(24)32-30(39-28)35(19-9-5-4-6-10-19)29-31-25-23(34(29)3)14-13-21-20-11-7-8-12-22(20)37(40)27(21)25/h4-16H,1-3H3. The van der Waals surface area contributed by atoms with Gasteiger partial charge in [0, 0.05) is 29.0 Å². The van der Waals surface area contributed by atoms with Gasteiger partial charge in [0.25, 0.3) is 0 Å². The Labute approximate surface area is 231 Å². The van der Waals surface area contributed by atoms with E-state index in [9.17, 15) is 0 Å². The van der Waals surface area contributed by atoms with Crippen LogP contribution in [-0.4, -0.2) is 39.0 Å². The first-order valence-electron chi connectivity index (χ1n) is 12.9. The second kappa shape index (κ2) is 8.20. The van der Waals surface area contributed by atoms with Crippen molar-refractivity contribution in [3.63, 3.8) is 0 Å². The van der Waals surface area contributed by atoms with Crippen LogP contribution in [0.15, 0.2) is 87.9 Å². The van der Waals surface area contributed by atoms with E-state index in [0.29, 0.717) is 23.3 Å². The Morgan fingerprint density at radius 2 is 1.65 bits per heavy atom. The number of hydrogen-bond donors (Lipinski definition) is 0. The molecule has 0 N–H and O–H groups in total. The number of oxazole rings is 1. The fourth-order valence-corrected chi connectivity index (χ4v) is 6.02. The van der Waals surface area contributed by atoms with Gasteiger partial charge in [-0.05, 0) is 44.2 Å². The van der Waals surface area contributed by atoms with Crippen molar-refractivity contribution in [3.05, 3.63) is 90.4 Å². The fourth-order valence-electron chi connectivity index (χ4n) is 5.60. The van der Waals surface area contributed by atoms with Crippen LogP contribution in [0.1, 0.15) is 11.4 Å². The highest BCUT2D eigenvalue weighted by Gasteiger charge is 2.27. The van der Waals surface area contributed by atoms with Gasteiger partial charge in [0.2, 0.25) is 5.95 Å². The van der Waals surface area contributed by atoms with Crippen LogP contribution < -0.4 is 4.90 Å². The fraction of sp³-hybridized carbons (Fsp3) is 0.100. The molecule has 0 saturated heterocycles. The number of furan rings is 1. The molecule has 0 amide bonds. The summed E-state index contributed by atoms with van der Waals surface area (Å²) < 4.78 is 17.9. The average molecular weight is 541 g/mol. The number of rotatable bonds is 4. The van der Waals surface area contributed by atoms with Crippen LogP contribution in [0, 0.1) is 13.8 Å². The molecule has 0 atom stereocenters. The van der Waals surface area contributed by atoms with Crippen LogP contribution in [0.25, 0.3) is 49.8 Å². The molecule has 0 saturated carbocycles. The first-order valence-corrected chi connectivity index (χ1v) is 13.3. The summed E-state index contributed by atoms with van der Waals surface area (Å²) in [5.74, 6) is 0.974. The Bertz CT molecular complexity index is 2230. The van der Waals surface area contributed by atoms with Gasteiger partial charge in [-0.25, -0.2) is 14.6 Å². The molecule has 5 heterocycles. The van der Waals surface area contributed by atoms with E-state index in [-0.39, 0.29) is 0 Å². The smallest absolute Gasteiger partial charge is 0.321 e. The first-order chi connectivity index (χ1) is 19.5. The molecule has 0 aliphatic rings. The van der Waals surface area contributed by atoms with Gasteiger partial charge in [-0.1, -0.05) is 42.5 Å². The molecule has 8 aromatic rings. The molecule has 8 rings (SSSR count). The quantitative estimate of drug-likeness (QED) is 0.233. The minimum absolute atomic E-state index is 0.319. The molecule has 3 aromatic carbocycles. The average Bonchev–Trinajstić information content (AvgIpc) is 3.76. The predicted octanol–water partition coefficient (Wildman–Crippen LogP) is 6.62. The van der Waals surface area contributed by atoms with Crippen molar-refractivity contribution in [3.8, 4) is 5.69 Å². The maximum Gasteiger partial charge on any atom is 0.321 e. The van der Waals surface area contributed by atoms with Crippen LogP contribution in [0.3, 0.4) is 0 Å². The Hall–Kier alpha value is -5.09. The molecular weight excluding hydrogens is 518 g/mol. The second-order valence-corrected chi connectivity index (χ2v) is 10.4. The van der Waals surface area contributed by atoms with E-state index in [1.807, 2.05) is 77.2 Å². The highest BCUT2D eigenvalue weighted by atomic mass is 28.2. The Morgan fingerprint density at radius 1 is 0.850 bits per heavy atom. The van der Waals surface area contributed by atoms with Gasteiger partial charge in [0.1, 0.15) is 17.5 Å². The second-order valence-electron chi connectivity index (χ2n) is 9.92. The first kappa shape index (κ1) is 22.9. The molecule has 5 aromatic heterocycles. The zero-order chi connectivity index (χ0) is 27.1. The molecule has 193 valence electrons. The van der Waals surface area contributed by atoms with E-state index in [2.05, 4.69) is 50.4 Å². The largest absolute Gasteiger partial charge is 0.430 e. The van der Waals surface area contributed by atoms with Crippen LogP contribution in [0.4, 0.5) is 17.7 Å². The normalized spacial score (nSPS) is 12.0. The lowest BCUT2D eigenvalue weighted by atomic mass is 10.1. The van der Waals surface area contributed by atoms with E-state index in [0.717, 1.165) is 55.6 Å². The number of fused-ring (bicyclic) bond motifs is 6. The molecule has 0 aliphatic carbocycles. The molecule has 40 heavy (non-hydrogen) atoms. The summed E-state index contributed by atoms with van der Waals surface area (Å²) in [4.78, 5) is 12.0. The number of imidazole rings is 1. The minimum Gasteiger partial charge on any atom is -0.430 e. The maximum atomic E-state index is 6.24. The minimum atomic E-state index is 0.319. The number of anilines is 3. The topological polar surface area (TPSA) is 83.0 Å². The summed E-state index contributed by atoms with van der Waals surface area (Å²) in [6.45, 7) is 3.96. The van der Waals surface area contributed by atoms with Crippen molar-refractivity contribution >= 4 is 72.2 Å². The summed E-state index contributed by atoms with van der Waals surface area (Å²) in [5.41, 5.74) is 7.97. The summed E-state index contributed by atoms with van der Waals surface area (Å²) in [6, 6.07) is 24.9. The Kier molecular flexibility index (Phi) is 4.69. The SMILES string of the molecule is Cc1cc(C)n(-c2coc3oc(N(c4ccccc4)c4nc5c(ccc6c7ccccc7n([Si])c65)n4C)nc23)n1. The van der Waals surface area contributed by atoms with E-state index < -0.39 is 0 Å². The number of aryl methyl sites for hydroxylation is 3. The highest BCUT2D eigenvalue weighted by Crippen LogP contribution is 2.40. The van der Waals surface area contributed by atoms with Gasteiger partial charge in [-0.3, -0.25) is 0 Å². The third-order valence-corrected chi connectivity index (χ3v) is 7.87. The van der Waals surface area contributed by atoms with Gasteiger partial charge >= 0.3 is 11.8 Å². The number of aromatic nitrogens is 6. The Balaban J connectivity index is 1.38. The molecule has 0 spiro atoms. The number of hydrogen-bond acceptors (Lipinski definition) is 6. The van der Waals surface area contributed by atoms with E-state index in [1.54, 1.807) is 6.26 Å². The van der Waals surface area contributed by atoms with Crippen molar-refractivity contribution in [1.29, 1.82) is 0 Å². The summed E-state index contributed by atoms with van der Waals surface area (Å²) in [7, 11) is 5.86. The van der Waals surface area contributed by atoms with E-state index >= 15 is 0 Å². The maximum absolute atomic E-state index is 6.24. The number of nitrogens with zero attached hydrogens (tertiary/aromatic N) is 7. The van der Waals surface area contributed by atoms with Gasteiger partial charge in [-0.2, -0.15) is 10.1 Å². The van der Waals surface area contributed by atoms with E-state index in [1.165, 1.54) is 0 Å². The van der Waals surface area contributed by atoms with Crippen molar-refractivity contribution in [2.24, 2.45) is 7.05 Å². The van der Waals surface area contributed by atoms with Crippen molar-refractivity contribution < 1.29 is 8.83 Å². The van der Waals surface area contributed by atoms with Crippen LogP contribution >= 0.6 is 0 Å². The molecule has 9 nitrogen and oxygen atoms in total. The monoisotopic (exact) mass is 540 g/mol. The van der Waals surface area contributed by atoms with Gasteiger partial charge in [-0.15, -0.1) is 0 Å². The molecule has 0 unspecified atom stereocenters. The third-order valence-electron chi connectivity index (χ3n) is 7.41. The lowest BCUT2D eigenvalue weighted by Gasteiger charge is -2.19. The number of para-hydroxylation sites is 2. The highest BCUT2D eigenvalue weighted by molar-refractivity contribution is 6.26. The predicted molar refractivity (Wildman–Crippen MR) is 156 cm³/mol. The summed E-state index contributed by atoms with van der Waals surface area (Å²) in [5, 5.41) is 6.89. The van der Waals surface area contributed by atoms with Gasteiger partial charge in [0.15, 0.2) is 15.9 Å². The zero-order valence-corrected chi connectivity index (χ0v) is 23.0. The van der Waals surface area contributed by atoms with Gasteiger partial charge < -0.3 is 17.6 Å². The van der Waals surface area contributed by atoms with Crippen molar-refractivity contribution in [1.82, 2.24) is 28.5 Å². The molecule has 0 aliphatic heterocycles. The zero-order valence-electron chi connectivity index (χ0n) is 22.0. The van der Waals surface area contributed by atoms with E-state index in [4.69, 9.17) is 18.8 Å². The van der Waals surface area contributed by atoms with Crippen LogP contribution in [0.2, 0.25) is 0 Å². The van der Waals surface area contributed by atoms with Crippen LogP contribution in [0.5, 0.6) is 0 Å². The van der Waals surface area contributed by atoms with Gasteiger partial charge in [0.05, 0.1) is 22.4 Å². The summed E-state index contributed by atoms with van der Waals surface area (Å²) in [6.07, 6.45) is 1.62. The lowest BCUT2D eigenvalue weighted by Crippen LogP contribution is -2.14. The lowest BCUT2D eigenvalue weighted by molar-refractivity contribution is 0.476. The molecule has 10 heteroatoms. The van der Waals surface area contributed by atoms with Crippen molar-refractivity contribution in [2.45, 2.75) is 13.8 Å². The van der Waals surface area contributed by atoms with Crippen molar-refractivity contribution in [2.75, 3.05) is 4.90 Å². The van der Waals surface area contributed by atoms with Crippen LogP contribution in [-0.2, 0) is 7.05 Å². The summed E-state index contributed by atoms with van der Waals surface area (Å²) >= 11 is 0.